The Morgan fingerprint density at radius 1 is 1.00 bits per heavy atom. The number of halogens is 1. The summed E-state index contributed by atoms with van der Waals surface area (Å²) in [5.74, 6) is 0.0457. The number of carbonyl (C=O) groups is 2. The molecular formula is C20H21FN2O3. The van der Waals surface area contributed by atoms with Gasteiger partial charge in [-0.25, -0.2) is 4.39 Å². The van der Waals surface area contributed by atoms with E-state index in [1.165, 1.54) is 19.2 Å². The molecular weight excluding hydrogens is 335 g/mol. The summed E-state index contributed by atoms with van der Waals surface area (Å²) in [6.45, 7) is 1.86. The average molecular weight is 356 g/mol. The molecule has 0 spiro atoms. The number of methoxy groups -OCH3 is 1. The predicted molar refractivity (Wildman–Crippen MR) is 95.6 cm³/mol. The molecule has 1 aliphatic rings. The summed E-state index contributed by atoms with van der Waals surface area (Å²) in [4.78, 5) is 28.5. The van der Waals surface area contributed by atoms with Gasteiger partial charge in [-0.3, -0.25) is 9.59 Å². The molecule has 136 valence electrons. The first-order valence-electron chi connectivity index (χ1n) is 8.53. The van der Waals surface area contributed by atoms with E-state index in [9.17, 15) is 14.0 Å². The van der Waals surface area contributed by atoms with E-state index >= 15 is 0 Å². The lowest BCUT2D eigenvalue weighted by molar-refractivity contribution is -0.131. The van der Waals surface area contributed by atoms with Crippen LogP contribution in [0.1, 0.15) is 15.9 Å². The molecule has 1 heterocycles. The van der Waals surface area contributed by atoms with Crippen LogP contribution < -0.4 is 4.74 Å². The Hall–Kier alpha value is -2.89. The van der Waals surface area contributed by atoms with Crippen molar-refractivity contribution in [3.63, 3.8) is 0 Å². The second-order valence-corrected chi connectivity index (χ2v) is 6.18. The molecule has 0 radical (unpaired) electrons. The molecule has 5 nitrogen and oxygen atoms in total. The van der Waals surface area contributed by atoms with Gasteiger partial charge in [0, 0.05) is 26.2 Å². The van der Waals surface area contributed by atoms with E-state index in [0.29, 0.717) is 43.1 Å². The fraction of sp³-hybridized carbons (Fsp3) is 0.300. The molecule has 3 rings (SSSR count). The van der Waals surface area contributed by atoms with Crippen LogP contribution in [0.15, 0.2) is 48.5 Å². The lowest BCUT2D eigenvalue weighted by Gasteiger charge is -2.35. The monoisotopic (exact) mass is 356 g/mol. The normalized spacial score (nSPS) is 14.2. The van der Waals surface area contributed by atoms with Crippen LogP contribution in [-0.4, -0.2) is 54.9 Å². The standard InChI is InChI=1S/C20H21FN2O3/c1-26-18-8-3-2-7-17(18)20(25)23-11-9-22(10-12-23)19(24)14-15-5-4-6-16(21)13-15/h2-8,13H,9-12,14H2,1H3. The fourth-order valence-corrected chi connectivity index (χ4v) is 3.08. The molecule has 0 bridgehead atoms. The predicted octanol–water partition coefficient (Wildman–Crippen LogP) is 2.36. The van der Waals surface area contributed by atoms with Gasteiger partial charge in [0.15, 0.2) is 0 Å². The molecule has 26 heavy (non-hydrogen) atoms. The first kappa shape index (κ1) is 17.9. The van der Waals surface area contributed by atoms with Crippen molar-refractivity contribution in [3.8, 4) is 5.75 Å². The third kappa shape index (κ3) is 4.02. The van der Waals surface area contributed by atoms with Gasteiger partial charge in [-0.15, -0.1) is 0 Å². The van der Waals surface area contributed by atoms with Gasteiger partial charge in [0.25, 0.3) is 5.91 Å². The van der Waals surface area contributed by atoms with Crippen LogP contribution in [-0.2, 0) is 11.2 Å². The zero-order valence-electron chi connectivity index (χ0n) is 14.7. The first-order chi connectivity index (χ1) is 12.6. The number of amides is 2. The van der Waals surface area contributed by atoms with Gasteiger partial charge in [0.05, 0.1) is 19.1 Å². The van der Waals surface area contributed by atoms with Gasteiger partial charge in [0.2, 0.25) is 5.91 Å². The second kappa shape index (κ2) is 7.99. The fourth-order valence-electron chi connectivity index (χ4n) is 3.08. The Bertz CT molecular complexity index is 801. The van der Waals surface area contributed by atoms with E-state index in [-0.39, 0.29) is 24.1 Å². The van der Waals surface area contributed by atoms with Crippen LogP contribution in [0.5, 0.6) is 5.75 Å². The average Bonchev–Trinajstić information content (AvgIpc) is 2.67. The van der Waals surface area contributed by atoms with E-state index in [1.807, 2.05) is 6.07 Å². The third-order valence-corrected chi connectivity index (χ3v) is 4.50. The minimum Gasteiger partial charge on any atom is -0.496 e. The maximum Gasteiger partial charge on any atom is 0.257 e. The molecule has 0 N–H and O–H groups in total. The summed E-state index contributed by atoms with van der Waals surface area (Å²) in [6.07, 6.45) is 0.165. The van der Waals surface area contributed by atoms with Crippen molar-refractivity contribution in [3.05, 3.63) is 65.5 Å². The van der Waals surface area contributed by atoms with Crippen molar-refractivity contribution in [2.24, 2.45) is 0 Å². The van der Waals surface area contributed by atoms with Crippen molar-refractivity contribution < 1.29 is 18.7 Å². The van der Waals surface area contributed by atoms with Crippen molar-refractivity contribution in [2.75, 3.05) is 33.3 Å². The molecule has 1 saturated heterocycles. The number of benzene rings is 2. The number of hydrogen-bond acceptors (Lipinski definition) is 3. The Morgan fingerprint density at radius 3 is 2.38 bits per heavy atom. The number of ether oxygens (including phenoxy) is 1. The molecule has 0 unspecified atom stereocenters. The molecule has 0 saturated carbocycles. The molecule has 0 atom stereocenters. The molecule has 1 fully saturated rings. The number of carbonyl (C=O) groups excluding carboxylic acids is 2. The molecule has 2 amide bonds. The highest BCUT2D eigenvalue weighted by atomic mass is 19.1. The minimum atomic E-state index is -0.345. The Kier molecular flexibility index (Phi) is 5.51. The number of hydrogen-bond donors (Lipinski definition) is 0. The van der Waals surface area contributed by atoms with Crippen LogP contribution in [0.2, 0.25) is 0 Å². The number of piperazine rings is 1. The maximum absolute atomic E-state index is 13.2. The maximum atomic E-state index is 13.2. The second-order valence-electron chi connectivity index (χ2n) is 6.18. The minimum absolute atomic E-state index is 0.0556. The highest BCUT2D eigenvalue weighted by Crippen LogP contribution is 2.20. The van der Waals surface area contributed by atoms with Crippen molar-refractivity contribution in [1.29, 1.82) is 0 Å². The SMILES string of the molecule is COc1ccccc1C(=O)N1CCN(C(=O)Cc2cccc(F)c2)CC1. The van der Waals surface area contributed by atoms with Crippen LogP contribution in [0.25, 0.3) is 0 Å². The largest absolute Gasteiger partial charge is 0.496 e. The summed E-state index contributed by atoms with van der Waals surface area (Å²) >= 11 is 0. The van der Waals surface area contributed by atoms with Crippen molar-refractivity contribution in [1.82, 2.24) is 9.80 Å². The van der Waals surface area contributed by atoms with Crippen LogP contribution in [0.4, 0.5) is 4.39 Å². The van der Waals surface area contributed by atoms with Gasteiger partial charge in [-0.2, -0.15) is 0 Å². The van der Waals surface area contributed by atoms with E-state index in [1.54, 1.807) is 40.1 Å². The molecule has 1 aliphatic heterocycles. The highest BCUT2D eigenvalue weighted by Gasteiger charge is 2.26. The zero-order chi connectivity index (χ0) is 18.5. The van der Waals surface area contributed by atoms with E-state index in [2.05, 4.69) is 0 Å². The quantitative estimate of drug-likeness (QED) is 0.845. The van der Waals surface area contributed by atoms with Crippen molar-refractivity contribution in [2.45, 2.75) is 6.42 Å². The van der Waals surface area contributed by atoms with Crippen LogP contribution in [0.3, 0.4) is 0 Å². The smallest absolute Gasteiger partial charge is 0.257 e. The van der Waals surface area contributed by atoms with Crippen LogP contribution in [0, 0.1) is 5.82 Å². The Labute approximate surface area is 152 Å². The first-order valence-corrected chi connectivity index (χ1v) is 8.53. The Balaban J connectivity index is 1.58. The Morgan fingerprint density at radius 2 is 1.69 bits per heavy atom. The zero-order valence-corrected chi connectivity index (χ0v) is 14.7. The lowest BCUT2D eigenvalue weighted by Crippen LogP contribution is -2.51. The number of para-hydroxylation sites is 1. The van der Waals surface area contributed by atoms with Gasteiger partial charge in [-0.1, -0.05) is 24.3 Å². The van der Waals surface area contributed by atoms with Gasteiger partial charge < -0.3 is 14.5 Å². The summed E-state index contributed by atoms with van der Waals surface area (Å²) in [6, 6.07) is 13.2. The third-order valence-electron chi connectivity index (χ3n) is 4.50. The van der Waals surface area contributed by atoms with Gasteiger partial charge >= 0.3 is 0 Å². The molecule has 2 aromatic rings. The van der Waals surface area contributed by atoms with Gasteiger partial charge in [-0.05, 0) is 29.8 Å². The van der Waals surface area contributed by atoms with E-state index in [0.717, 1.165) is 0 Å². The van der Waals surface area contributed by atoms with E-state index < -0.39 is 0 Å². The highest BCUT2D eigenvalue weighted by molar-refractivity contribution is 5.97. The molecule has 0 aliphatic carbocycles. The summed E-state index contributed by atoms with van der Waals surface area (Å²) < 4.78 is 18.5. The molecule has 0 aromatic heterocycles. The molecule has 2 aromatic carbocycles. The van der Waals surface area contributed by atoms with Gasteiger partial charge in [0.1, 0.15) is 11.6 Å². The molecule has 6 heteroatoms. The summed E-state index contributed by atoms with van der Waals surface area (Å²) in [5.41, 5.74) is 1.18. The van der Waals surface area contributed by atoms with E-state index in [4.69, 9.17) is 4.74 Å². The number of rotatable bonds is 4. The lowest BCUT2D eigenvalue weighted by atomic mass is 10.1. The summed E-state index contributed by atoms with van der Waals surface area (Å²) in [7, 11) is 1.54. The topological polar surface area (TPSA) is 49.9 Å². The summed E-state index contributed by atoms with van der Waals surface area (Å²) in [5, 5.41) is 0. The van der Waals surface area contributed by atoms with Crippen molar-refractivity contribution >= 4 is 11.8 Å². The van der Waals surface area contributed by atoms with Crippen LogP contribution >= 0.6 is 0 Å². The number of nitrogens with zero attached hydrogens (tertiary/aromatic N) is 2.